The molecule has 3 N–H and O–H groups in total. The highest BCUT2D eigenvalue weighted by atomic mass is 16.4. The summed E-state index contributed by atoms with van der Waals surface area (Å²) in [6.07, 6.45) is 0.174. The number of amides is 4. The van der Waals surface area contributed by atoms with E-state index in [1.807, 2.05) is 156 Å². The van der Waals surface area contributed by atoms with Crippen LogP contribution < -0.4 is 5.32 Å². The predicted molar refractivity (Wildman–Crippen MR) is 229 cm³/mol. The SMILES string of the molecule is Cc1ccc(-c2ccc(C[C@@H]([C@@H](O)C[C@H](Cc3ccccc3)NC(=O)[C@@H](N3CCN(Cc4cccc(C)n4)C3=O)C(C)(C)C)N(Cc3ccccc3)C(=O)O)cc2)cn1. The highest BCUT2D eigenvalue weighted by Crippen LogP contribution is 2.30. The molecule has 6 rings (SSSR count). The van der Waals surface area contributed by atoms with Gasteiger partial charge in [0.05, 0.1) is 24.4 Å². The second kappa shape index (κ2) is 19.1. The van der Waals surface area contributed by atoms with Gasteiger partial charge in [-0.2, -0.15) is 0 Å². The molecule has 1 aliphatic heterocycles. The number of hydrogen-bond acceptors (Lipinski definition) is 6. The fourth-order valence-corrected chi connectivity index (χ4v) is 7.97. The number of carbonyl (C=O) groups is 3. The second-order valence-corrected chi connectivity index (χ2v) is 16.7. The highest BCUT2D eigenvalue weighted by Gasteiger charge is 2.44. The number of benzene rings is 3. The van der Waals surface area contributed by atoms with Gasteiger partial charge in [0.15, 0.2) is 0 Å². The first-order valence-electron chi connectivity index (χ1n) is 20.3. The summed E-state index contributed by atoms with van der Waals surface area (Å²) in [5.74, 6) is -0.327. The van der Waals surface area contributed by atoms with Crippen molar-refractivity contribution >= 4 is 18.0 Å². The van der Waals surface area contributed by atoms with Crippen molar-refractivity contribution in [2.75, 3.05) is 13.1 Å². The summed E-state index contributed by atoms with van der Waals surface area (Å²) in [4.78, 5) is 55.3. The molecule has 0 aliphatic carbocycles. The van der Waals surface area contributed by atoms with Gasteiger partial charge >= 0.3 is 12.1 Å². The van der Waals surface area contributed by atoms with Crippen LogP contribution in [0.2, 0.25) is 0 Å². The molecule has 11 heteroatoms. The van der Waals surface area contributed by atoms with Crippen LogP contribution in [-0.2, 0) is 30.7 Å². The number of aromatic nitrogens is 2. The molecule has 0 saturated carbocycles. The monoisotopic (exact) mass is 796 g/mol. The Hall–Kier alpha value is -6.07. The van der Waals surface area contributed by atoms with Crippen LogP contribution in [0, 0.1) is 19.3 Å². The first-order valence-corrected chi connectivity index (χ1v) is 20.3. The first kappa shape index (κ1) is 42.5. The molecule has 0 radical (unpaired) electrons. The third-order valence-corrected chi connectivity index (χ3v) is 10.9. The van der Waals surface area contributed by atoms with E-state index in [9.17, 15) is 24.6 Å². The van der Waals surface area contributed by atoms with Crippen molar-refractivity contribution in [3.63, 3.8) is 0 Å². The molecule has 0 unspecified atom stereocenters. The van der Waals surface area contributed by atoms with Gasteiger partial charge in [-0.3, -0.25) is 19.7 Å². The van der Waals surface area contributed by atoms with E-state index in [0.29, 0.717) is 26.1 Å². The Morgan fingerprint density at radius 1 is 0.780 bits per heavy atom. The van der Waals surface area contributed by atoms with Crippen molar-refractivity contribution in [3.8, 4) is 11.1 Å². The molecule has 4 amide bonds. The average molecular weight is 797 g/mol. The fourth-order valence-electron chi connectivity index (χ4n) is 7.97. The Kier molecular flexibility index (Phi) is 13.8. The number of aliphatic hydroxyl groups excluding tert-OH is 1. The van der Waals surface area contributed by atoms with E-state index in [4.69, 9.17) is 0 Å². The van der Waals surface area contributed by atoms with Crippen LogP contribution in [0.3, 0.4) is 0 Å². The predicted octanol–water partition coefficient (Wildman–Crippen LogP) is 7.68. The zero-order valence-corrected chi connectivity index (χ0v) is 34.7. The Labute approximate surface area is 347 Å². The lowest BCUT2D eigenvalue weighted by atomic mass is 9.84. The molecule has 59 heavy (non-hydrogen) atoms. The standard InChI is InChI=1S/C48H56N6O5/c1-33-19-22-39(30-49-33)38-23-20-36(21-24-38)28-42(54(47(58)59)31-37-16-10-7-11-17-37)43(55)29-41(27-35-14-8-6-9-15-35)51-45(56)44(48(3,4)5)53-26-25-52(46(53)57)32-40-18-12-13-34(2)50-40/h6-24,30,41-44,55H,25-29,31-32H2,1-5H3,(H,51,56)(H,58,59)/t41-,42-,43-,44+/m0/s1. The minimum Gasteiger partial charge on any atom is -0.465 e. The van der Waals surface area contributed by atoms with Crippen LogP contribution in [0.1, 0.15) is 61.0 Å². The van der Waals surface area contributed by atoms with Gasteiger partial charge in [0, 0.05) is 48.8 Å². The van der Waals surface area contributed by atoms with Gasteiger partial charge in [0.2, 0.25) is 5.91 Å². The molecular weight excluding hydrogens is 741 g/mol. The lowest BCUT2D eigenvalue weighted by Crippen LogP contribution is -2.57. The number of hydrogen-bond donors (Lipinski definition) is 3. The largest absolute Gasteiger partial charge is 0.465 e. The van der Waals surface area contributed by atoms with Crippen LogP contribution in [0.5, 0.6) is 0 Å². The number of carbonyl (C=O) groups excluding carboxylic acids is 2. The van der Waals surface area contributed by atoms with E-state index in [0.717, 1.165) is 44.9 Å². The number of nitrogens with zero attached hydrogens (tertiary/aromatic N) is 5. The van der Waals surface area contributed by atoms with Crippen molar-refractivity contribution in [2.45, 2.75) is 91.2 Å². The number of aliphatic hydroxyl groups is 1. The quantitative estimate of drug-likeness (QED) is 0.0931. The summed E-state index contributed by atoms with van der Waals surface area (Å²) < 4.78 is 0. The van der Waals surface area contributed by atoms with E-state index >= 15 is 0 Å². The minimum atomic E-state index is -1.18. The Morgan fingerprint density at radius 2 is 1.42 bits per heavy atom. The summed E-state index contributed by atoms with van der Waals surface area (Å²) >= 11 is 0. The molecule has 308 valence electrons. The Bertz CT molecular complexity index is 2160. The molecule has 5 aromatic rings. The van der Waals surface area contributed by atoms with E-state index in [1.54, 1.807) is 9.80 Å². The third-order valence-electron chi connectivity index (χ3n) is 10.9. The van der Waals surface area contributed by atoms with Crippen molar-refractivity contribution in [3.05, 3.63) is 155 Å². The van der Waals surface area contributed by atoms with Gasteiger partial charge in [-0.15, -0.1) is 0 Å². The summed E-state index contributed by atoms with van der Waals surface area (Å²) in [5.41, 5.74) is 6.48. The van der Waals surface area contributed by atoms with E-state index in [-0.39, 0.29) is 31.3 Å². The molecule has 0 spiro atoms. The molecule has 3 heterocycles. The molecular formula is C48H56N6O5. The maximum atomic E-state index is 14.6. The lowest BCUT2D eigenvalue weighted by molar-refractivity contribution is -0.129. The third kappa shape index (κ3) is 11.3. The summed E-state index contributed by atoms with van der Waals surface area (Å²) in [6.45, 7) is 10.9. The maximum absolute atomic E-state index is 14.6. The zero-order chi connectivity index (χ0) is 42.1. The molecule has 3 aromatic carbocycles. The molecule has 4 atom stereocenters. The van der Waals surface area contributed by atoms with Gasteiger partial charge < -0.3 is 25.3 Å². The summed E-state index contributed by atoms with van der Waals surface area (Å²) in [5, 5.41) is 26.2. The zero-order valence-electron chi connectivity index (χ0n) is 34.7. The normalized spacial score (nSPS) is 15.1. The maximum Gasteiger partial charge on any atom is 0.407 e. The fraction of sp³-hybridized carbons (Fsp3) is 0.354. The highest BCUT2D eigenvalue weighted by molar-refractivity contribution is 5.89. The van der Waals surface area contributed by atoms with Gasteiger partial charge in [-0.1, -0.05) is 118 Å². The first-order chi connectivity index (χ1) is 28.2. The number of urea groups is 1. The van der Waals surface area contributed by atoms with Crippen LogP contribution in [0.15, 0.2) is 121 Å². The van der Waals surface area contributed by atoms with Crippen LogP contribution in [0.25, 0.3) is 11.1 Å². The van der Waals surface area contributed by atoms with E-state index in [2.05, 4.69) is 15.3 Å². The van der Waals surface area contributed by atoms with E-state index in [1.165, 1.54) is 4.90 Å². The Balaban J connectivity index is 1.27. The molecule has 11 nitrogen and oxygen atoms in total. The minimum absolute atomic E-state index is 0.0625. The average Bonchev–Trinajstić information content (AvgIpc) is 3.54. The number of carboxylic acid groups (broad SMARTS) is 1. The van der Waals surface area contributed by atoms with Gasteiger partial charge in [0.25, 0.3) is 0 Å². The Morgan fingerprint density at radius 3 is 2.03 bits per heavy atom. The van der Waals surface area contributed by atoms with E-state index < -0.39 is 35.7 Å². The number of aryl methyl sites for hydroxylation is 2. The summed E-state index contributed by atoms with van der Waals surface area (Å²) in [6, 6.07) is 34.1. The molecule has 2 aromatic heterocycles. The number of nitrogens with one attached hydrogen (secondary N) is 1. The number of pyridine rings is 2. The lowest BCUT2D eigenvalue weighted by Gasteiger charge is -2.38. The molecule has 1 aliphatic rings. The van der Waals surface area contributed by atoms with Crippen molar-refractivity contribution < 1.29 is 24.6 Å². The smallest absolute Gasteiger partial charge is 0.407 e. The molecule has 1 saturated heterocycles. The van der Waals surface area contributed by atoms with Crippen molar-refractivity contribution in [2.24, 2.45) is 5.41 Å². The van der Waals surface area contributed by atoms with Crippen LogP contribution in [0.4, 0.5) is 9.59 Å². The topological polar surface area (TPSA) is 139 Å². The second-order valence-electron chi connectivity index (χ2n) is 16.7. The van der Waals surface area contributed by atoms with Crippen LogP contribution >= 0.6 is 0 Å². The molecule has 1 fully saturated rings. The molecule has 0 bridgehead atoms. The summed E-state index contributed by atoms with van der Waals surface area (Å²) in [7, 11) is 0. The van der Waals surface area contributed by atoms with Gasteiger partial charge in [-0.05, 0) is 79.0 Å². The van der Waals surface area contributed by atoms with Crippen molar-refractivity contribution in [1.82, 2.24) is 30.0 Å². The van der Waals surface area contributed by atoms with Gasteiger partial charge in [-0.25, -0.2) is 9.59 Å². The van der Waals surface area contributed by atoms with Crippen molar-refractivity contribution in [1.29, 1.82) is 0 Å². The number of rotatable bonds is 16. The van der Waals surface area contributed by atoms with Crippen LogP contribution in [-0.4, -0.2) is 90.2 Å². The van der Waals surface area contributed by atoms with Gasteiger partial charge in [0.1, 0.15) is 6.04 Å².